The second-order valence-corrected chi connectivity index (χ2v) is 8.64. The lowest BCUT2D eigenvalue weighted by Gasteiger charge is -2.36. The van der Waals surface area contributed by atoms with Crippen molar-refractivity contribution in [3.8, 4) is 0 Å². The van der Waals surface area contributed by atoms with Gasteiger partial charge < -0.3 is 14.2 Å². The molecule has 0 N–H and O–H groups in total. The zero-order valence-corrected chi connectivity index (χ0v) is 18.4. The Bertz CT molecular complexity index is 1100. The predicted octanol–water partition coefficient (Wildman–Crippen LogP) is 4.25. The Kier molecular flexibility index (Phi) is 5.70. The first kappa shape index (κ1) is 20.8. The third-order valence-corrected chi connectivity index (χ3v) is 6.50. The molecule has 0 aliphatic carbocycles. The summed E-state index contributed by atoms with van der Waals surface area (Å²) in [6.07, 6.45) is 0.764. The second kappa shape index (κ2) is 8.79. The number of piperazine rings is 1. The van der Waals surface area contributed by atoms with E-state index in [0.29, 0.717) is 31.9 Å². The number of para-hydroxylation sites is 1. The topological polar surface area (TPSA) is 39.9 Å². The molecule has 1 aromatic heterocycles. The quantitative estimate of drug-likeness (QED) is 0.617. The highest BCUT2D eigenvalue weighted by Gasteiger charge is 2.32. The van der Waals surface area contributed by atoms with Gasteiger partial charge in [0.25, 0.3) is 5.91 Å². The molecular formula is C26H28FN3O2. The molecule has 2 aromatic carbocycles. The van der Waals surface area contributed by atoms with Crippen molar-refractivity contribution in [2.75, 3.05) is 37.6 Å². The molecule has 1 amide bonds. The molecule has 5 rings (SSSR count). The first-order valence-corrected chi connectivity index (χ1v) is 11.3. The minimum absolute atomic E-state index is 0.0628. The van der Waals surface area contributed by atoms with E-state index < -0.39 is 0 Å². The van der Waals surface area contributed by atoms with Crippen LogP contribution in [-0.4, -0.2) is 48.4 Å². The fourth-order valence-corrected chi connectivity index (χ4v) is 4.85. The van der Waals surface area contributed by atoms with E-state index in [1.165, 1.54) is 11.8 Å². The van der Waals surface area contributed by atoms with Crippen molar-refractivity contribution >= 4 is 11.6 Å². The summed E-state index contributed by atoms with van der Waals surface area (Å²) in [7, 11) is 0. The molecule has 1 fully saturated rings. The van der Waals surface area contributed by atoms with Crippen molar-refractivity contribution in [2.45, 2.75) is 26.4 Å². The molecule has 2 aliphatic rings. The normalized spacial score (nSPS) is 16.8. The minimum Gasteiger partial charge on any atom is -0.465 e. The Labute approximate surface area is 188 Å². The molecule has 2 aliphatic heterocycles. The number of aryl methyl sites for hydroxylation is 1. The first-order chi connectivity index (χ1) is 15.6. The van der Waals surface area contributed by atoms with Gasteiger partial charge in [0, 0.05) is 63.5 Å². The monoisotopic (exact) mass is 433 g/mol. The minimum atomic E-state index is -0.218. The van der Waals surface area contributed by atoms with Gasteiger partial charge in [0.1, 0.15) is 17.3 Å². The van der Waals surface area contributed by atoms with Crippen LogP contribution in [0, 0.1) is 12.7 Å². The number of rotatable bonds is 4. The molecule has 0 spiro atoms. The van der Waals surface area contributed by atoms with E-state index in [1.807, 2.05) is 36.1 Å². The zero-order chi connectivity index (χ0) is 22.1. The van der Waals surface area contributed by atoms with Crippen LogP contribution >= 0.6 is 0 Å². The van der Waals surface area contributed by atoms with Crippen LogP contribution in [0.2, 0.25) is 0 Å². The van der Waals surface area contributed by atoms with E-state index in [4.69, 9.17) is 4.42 Å². The summed E-state index contributed by atoms with van der Waals surface area (Å²) in [4.78, 5) is 20.0. The average Bonchev–Trinajstić information content (AvgIpc) is 3.14. The summed E-state index contributed by atoms with van der Waals surface area (Å²) < 4.78 is 19.6. The number of halogens is 1. The van der Waals surface area contributed by atoms with E-state index in [-0.39, 0.29) is 11.7 Å². The van der Waals surface area contributed by atoms with Gasteiger partial charge >= 0.3 is 0 Å². The third-order valence-electron chi connectivity index (χ3n) is 6.50. The molecular weight excluding hydrogens is 405 g/mol. The lowest BCUT2D eigenvalue weighted by molar-refractivity contribution is 0.0742. The highest BCUT2D eigenvalue weighted by atomic mass is 19.1. The van der Waals surface area contributed by atoms with Crippen LogP contribution < -0.4 is 4.90 Å². The molecule has 0 bridgehead atoms. The number of furan rings is 1. The molecule has 0 atom stereocenters. The van der Waals surface area contributed by atoms with Crippen LogP contribution in [0.1, 0.15) is 33.0 Å². The van der Waals surface area contributed by atoms with E-state index in [9.17, 15) is 9.18 Å². The van der Waals surface area contributed by atoms with Gasteiger partial charge in [0.15, 0.2) is 0 Å². The molecule has 1 saturated heterocycles. The van der Waals surface area contributed by atoms with Gasteiger partial charge in [-0.3, -0.25) is 9.69 Å². The van der Waals surface area contributed by atoms with Crippen molar-refractivity contribution in [2.24, 2.45) is 0 Å². The van der Waals surface area contributed by atoms with Crippen molar-refractivity contribution in [1.29, 1.82) is 0 Å². The van der Waals surface area contributed by atoms with E-state index >= 15 is 0 Å². The van der Waals surface area contributed by atoms with Crippen LogP contribution in [0.3, 0.4) is 0 Å². The van der Waals surface area contributed by atoms with Crippen LogP contribution in [0.25, 0.3) is 0 Å². The van der Waals surface area contributed by atoms with E-state index in [2.05, 4.69) is 21.9 Å². The fraction of sp³-hybridized carbons (Fsp3) is 0.346. The number of hydrogen-bond donors (Lipinski definition) is 0. The second-order valence-electron chi connectivity index (χ2n) is 8.64. The maximum absolute atomic E-state index is 13.6. The van der Waals surface area contributed by atoms with Gasteiger partial charge in [-0.05, 0) is 36.8 Å². The lowest BCUT2D eigenvalue weighted by Crippen LogP contribution is -2.49. The highest BCUT2D eigenvalue weighted by Crippen LogP contribution is 2.30. The molecule has 32 heavy (non-hydrogen) atoms. The Morgan fingerprint density at radius 2 is 1.78 bits per heavy atom. The van der Waals surface area contributed by atoms with Crippen molar-refractivity contribution in [3.63, 3.8) is 0 Å². The Balaban J connectivity index is 1.29. The number of amides is 1. The average molecular weight is 434 g/mol. The maximum atomic E-state index is 13.6. The number of fused-ring (bicyclic) bond motifs is 1. The van der Waals surface area contributed by atoms with Gasteiger partial charge in [0.2, 0.25) is 0 Å². The molecule has 166 valence electrons. The fourth-order valence-electron chi connectivity index (χ4n) is 4.85. The van der Waals surface area contributed by atoms with Gasteiger partial charge in [-0.25, -0.2) is 4.39 Å². The molecule has 0 saturated carbocycles. The summed E-state index contributed by atoms with van der Waals surface area (Å²) in [6.45, 7) is 7.06. The molecule has 3 aromatic rings. The third kappa shape index (κ3) is 4.15. The summed E-state index contributed by atoms with van der Waals surface area (Å²) in [5, 5.41) is 0. The Morgan fingerprint density at radius 3 is 2.53 bits per heavy atom. The number of anilines is 1. The largest absolute Gasteiger partial charge is 0.465 e. The molecule has 0 unspecified atom stereocenters. The number of benzene rings is 2. The van der Waals surface area contributed by atoms with Crippen molar-refractivity contribution in [3.05, 3.63) is 88.6 Å². The van der Waals surface area contributed by atoms with Gasteiger partial charge in [-0.2, -0.15) is 0 Å². The van der Waals surface area contributed by atoms with Gasteiger partial charge in [0.05, 0.1) is 5.56 Å². The van der Waals surface area contributed by atoms with Crippen LogP contribution in [0.15, 0.2) is 59.0 Å². The predicted molar refractivity (Wildman–Crippen MR) is 122 cm³/mol. The SMILES string of the molecule is Cc1oc2c(c1C(=O)N1CCN(c3ccccc3)CC1)CN(Cc1cccc(F)c1)CC2. The van der Waals surface area contributed by atoms with Crippen LogP contribution in [0.4, 0.5) is 10.1 Å². The molecule has 0 radical (unpaired) electrons. The Hall–Kier alpha value is -3.12. The van der Waals surface area contributed by atoms with Crippen LogP contribution in [0.5, 0.6) is 0 Å². The van der Waals surface area contributed by atoms with Crippen molar-refractivity contribution in [1.82, 2.24) is 9.80 Å². The first-order valence-electron chi connectivity index (χ1n) is 11.3. The smallest absolute Gasteiger partial charge is 0.257 e. The molecule has 3 heterocycles. The lowest BCUT2D eigenvalue weighted by atomic mass is 10.0. The zero-order valence-electron chi connectivity index (χ0n) is 18.4. The number of nitrogens with zero attached hydrogens (tertiary/aromatic N) is 3. The number of carbonyl (C=O) groups is 1. The Morgan fingerprint density at radius 1 is 1.00 bits per heavy atom. The van der Waals surface area contributed by atoms with Crippen molar-refractivity contribution < 1.29 is 13.6 Å². The maximum Gasteiger partial charge on any atom is 0.257 e. The molecule has 5 nitrogen and oxygen atoms in total. The van der Waals surface area contributed by atoms with Gasteiger partial charge in [-0.1, -0.05) is 30.3 Å². The summed E-state index contributed by atoms with van der Waals surface area (Å²) in [5.74, 6) is 1.47. The number of carbonyl (C=O) groups excluding carboxylic acids is 1. The summed E-state index contributed by atoms with van der Waals surface area (Å²) in [5.41, 5.74) is 3.86. The van der Waals surface area contributed by atoms with E-state index in [1.54, 1.807) is 12.1 Å². The van der Waals surface area contributed by atoms with Gasteiger partial charge in [-0.15, -0.1) is 0 Å². The standard InChI is InChI=1S/C26H28FN3O2/c1-19-25(26(31)30-14-12-29(13-15-30)22-8-3-2-4-9-22)23-18-28(11-10-24(23)32-19)17-20-6-5-7-21(27)16-20/h2-9,16H,10-15,17-18H2,1H3. The summed E-state index contributed by atoms with van der Waals surface area (Å²) >= 11 is 0. The summed E-state index contributed by atoms with van der Waals surface area (Å²) in [6, 6.07) is 17.1. The molecule has 6 heteroatoms. The van der Waals surface area contributed by atoms with Crippen LogP contribution in [-0.2, 0) is 19.5 Å². The number of hydrogen-bond acceptors (Lipinski definition) is 4. The van der Waals surface area contributed by atoms with E-state index in [0.717, 1.165) is 48.5 Å². The highest BCUT2D eigenvalue weighted by molar-refractivity contribution is 5.97.